The number of hydrogen-bond donors (Lipinski definition) is 1. The van der Waals surface area contributed by atoms with Gasteiger partial charge in [0.1, 0.15) is 5.52 Å². The molecule has 0 amide bonds. The van der Waals surface area contributed by atoms with Crippen molar-refractivity contribution in [1.82, 2.24) is 14.5 Å². The SMILES string of the molecule is COc1ccc2ncc(=O)n(C[C@@H](CN)O[Si](C)(C)C(C)(C)C)c2n1. The van der Waals surface area contributed by atoms with Gasteiger partial charge in [0, 0.05) is 12.6 Å². The van der Waals surface area contributed by atoms with E-state index < -0.39 is 8.32 Å². The van der Waals surface area contributed by atoms with Gasteiger partial charge in [0.15, 0.2) is 14.0 Å². The number of nitrogens with two attached hydrogens (primary N) is 1. The van der Waals surface area contributed by atoms with E-state index >= 15 is 0 Å². The lowest BCUT2D eigenvalue weighted by Crippen LogP contribution is -2.47. The lowest BCUT2D eigenvalue weighted by Gasteiger charge is -2.39. The number of hydrogen-bond acceptors (Lipinski definition) is 6. The predicted molar refractivity (Wildman–Crippen MR) is 101 cm³/mol. The fraction of sp³-hybridized carbons (Fsp3) is 0.588. The normalized spacial score (nSPS) is 13.9. The maximum absolute atomic E-state index is 12.4. The van der Waals surface area contributed by atoms with Gasteiger partial charge in [0.05, 0.1) is 26.0 Å². The number of fused-ring (bicyclic) bond motifs is 1. The number of methoxy groups -OCH3 is 1. The molecule has 1 atom stereocenters. The van der Waals surface area contributed by atoms with Crippen LogP contribution in [0.5, 0.6) is 5.88 Å². The van der Waals surface area contributed by atoms with Crippen LogP contribution in [0.15, 0.2) is 23.1 Å². The summed E-state index contributed by atoms with van der Waals surface area (Å²) in [5, 5.41) is 0.0627. The lowest BCUT2D eigenvalue weighted by atomic mass is 10.2. The second kappa shape index (κ2) is 7.23. The van der Waals surface area contributed by atoms with Crippen LogP contribution >= 0.6 is 0 Å². The molecular weight excluding hydrogens is 336 g/mol. The van der Waals surface area contributed by atoms with Gasteiger partial charge >= 0.3 is 0 Å². The summed E-state index contributed by atoms with van der Waals surface area (Å²) in [5.74, 6) is 0.434. The molecule has 0 aliphatic heterocycles. The maximum atomic E-state index is 12.4. The van der Waals surface area contributed by atoms with E-state index in [1.165, 1.54) is 13.3 Å². The molecule has 2 aromatic heterocycles. The maximum Gasteiger partial charge on any atom is 0.270 e. The van der Waals surface area contributed by atoms with Gasteiger partial charge in [-0.15, -0.1) is 0 Å². The molecule has 2 rings (SSSR count). The summed E-state index contributed by atoms with van der Waals surface area (Å²) in [7, 11) is -0.464. The summed E-state index contributed by atoms with van der Waals surface area (Å²) in [4.78, 5) is 20.9. The van der Waals surface area contributed by atoms with Crippen LogP contribution < -0.4 is 16.0 Å². The molecule has 0 spiro atoms. The average molecular weight is 365 g/mol. The van der Waals surface area contributed by atoms with Crippen LogP contribution in [0.2, 0.25) is 18.1 Å². The van der Waals surface area contributed by atoms with Gasteiger partial charge in [-0.3, -0.25) is 9.36 Å². The molecule has 25 heavy (non-hydrogen) atoms. The number of pyridine rings is 1. The first-order chi connectivity index (χ1) is 11.6. The number of nitrogens with zero attached hydrogens (tertiary/aromatic N) is 3. The van der Waals surface area contributed by atoms with Crippen LogP contribution in [0.4, 0.5) is 0 Å². The summed E-state index contributed by atoms with van der Waals surface area (Å²) in [6.45, 7) is 11.5. The molecule has 8 heteroatoms. The monoisotopic (exact) mass is 364 g/mol. The van der Waals surface area contributed by atoms with Gasteiger partial charge in [0.2, 0.25) is 5.88 Å². The van der Waals surface area contributed by atoms with Gasteiger partial charge in [0.25, 0.3) is 5.56 Å². The number of rotatable bonds is 6. The predicted octanol–water partition coefficient (Wildman–Crippen LogP) is 2.15. The third-order valence-corrected chi connectivity index (χ3v) is 9.33. The Kier molecular flexibility index (Phi) is 5.65. The first-order valence-corrected chi connectivity index (χ1v) is 11.3. The Morgan fingerprint density at radius 1 is 1.32 bits per heavy atom. The third-order valence-electron chi connectivity index (χ3n) is 4.79. The van der Waals surface area contributed by atoms with Crippen molar-refractivity contribution >= 4 is 19.5 Å². The van der Waals surface area contributed by atoms with Crippen molar-refractivity contribution in [3.63, 3.8) is 0 Å². The molecule has 0 saturated carbocycles. The zero-order valence-corrected chi connectivity index (χ0v) is 16.9. The smallest absolute Gasteiger partial charge is 0.270 e. The van der Waals surface area contributed by atoms with E-state index in [2.05, 4.69) is 43.8 Å². The second-order valence-electron chi connectivity index (χ2n) is 7.64. The molecule has 0 radical (unpaired) electrons. The number of ether oxygens (including phenoxy) is 1. The molecule has 0 bridgehead atoms. The molecule has 0 aromatic carbocycles. The minimum absolute atomic E-state index is 0.0627. The summed E-state index contributed by atoms with van der Waals surface area (Å²) >= 11 is 0. The summed E-state index contributed by atoms with van der Waals surface area (Å²) < 4.78 is 13.1. The van der Waals surface area contributed by atoms with Crippen LogP contribution in [-0.4, -0.2) is 42.6 Å². The third kappa shape index (κ3) is 4.26. The Bertz CT molecular complexity index is 799. The quantitative estimate of drug-likeness (QED) is 0.790. The highest BCUT2D eigenvalue weighted by atomic mass is 28.4. The highest BCUT2D eigenvalue weighted by Crippen LogP contribution is 2.37. The molecule has 2 N–H and O–H groups in total. The first kappa shape index (κ1) is 19.6. The van der Waals surface area contributed by atoms with E-state index in [4.69, 9.17) is 14.9 Å². The van der Waals surface area contributed by atoms with Gasteiger partial charge in [-0.2, -0.15) is 4.98 Å². The van der Waals surface area contributed by atoms with Gasteiger partial charge in [-0.1, -0.05) is 20.8 Å². The van der Waals surface area contributed by atoms with Crippen molar-refractivity contribution < 1.29 is 9.16 Å². The molecule has 0 aliphatic carbocycles. The van der Waals surface area contributed by atoms with E-state index in [9.17, 15) is 4.79 Å². The Morgan fingerprint density at radius 2 is 2.00 bits per heavy atom. The molecule has 2 heterocycles. The average Bonchev–Trinajstić information content (AvgIpc) is 2.54. The molecule has 7 nitrogen and oxygen atoms in total. The van der Waals surface area contributed by atoms with E-state index in [1.807, 2.05) is 0 Å². The molecule has 138 valence electrons. The van der Waals surface area contributed by atoms with Gasteiger partial charge < -0.3 is 14.9 Å². The summed E-state index contributed by atoms with van der Waals surface area (Å²) in [6.07, 6.45) is 1.04. The highest BCUT2D eigenvalue weighted by molar-refractivity contribution is 6.74. The molecule has 0 fully saturated rings. The van der Waals surface area contributed by atoms with E-state index in [0.717, 1.165) is 0 Å². The van der Waals surface area contributed by atoms with Crippen molar-refractivity contribution in [2.75, 3.05) is 13.7 Å². The fourth-order valence-electron chi connectivity index (χ4n) is 2.27. The van der Waals surface area contributed by atoms with Crippen molar-refractivity contribution in [2.45, 2.75) is 51.6 Å². The lowest BCUT2D eigenvalue weighted by molar-refractivity contribution is 0.168. The van der Waals surface area contributed by atoms with Crippen LogP contribution in [0.3, 0.4) is 0 Å². The molecular formula is C17H28N4O3Si. The second-order valence-corrected chi connectivity index (χ2v) is 12.4. The van der Waals surface area contributed by atoms with Crippen molar-refractivity contribution in [3.05, 3.63) is 28.7 Å². The standard InChI is InChI=1S/C17H28N4O3Si/c1-17(2,3)25(5,6)24-12(9-18)11-21-15(22)10-19-13-7-8-14(23-4)20-16(13)21/h7-8,10,12H,9,11,18H2,1-6H3/t12-/m1/s1. The van der Waals surface area contributed by atoms with Gasteiger partial charge in [-0.25, -0.2) is 4.98 Å². The van der Waals surface area contributed by atoms with Crippen molar-refractivity contribution in [2.24, 2.45) is 5.73 Å². The van der Waals surface area contributed by atoms with Crippen LogP contribution in [0.25, 0.3) is 11.2 Å². The Morgan fingerprint density at radius 3 is 2.56 bits per heavy atom. The van der Waals surface area contributed by atoms with Crippen LogP contribution in [-0.2, 0) is 11.0 Å². The van der Waals surface area contributed by atoms with Gasteiger partial charge in [-0.05, 0) is 24.2 Å². The molecule has 0 aliphatic rings. The zero-order valence-electron chi connectivity index (χ0n) is 15.9. The zero-order chi connectivity index (χ0) is 18.8. The minimum atomic E-state index is -2.00. The van der Waals surface area contributed by atoms with Crippen molar-refractivity contribution in [3.8, 4) is 5.88 Å². The highest BCUT2D eigenvalue weighted by Gasteiger charge is 2.39. The Hall–Kier alpha value is -1.77. The largest absolute Gasteiger partial charge is 0.481 e. The number of aromatic nitrogens is 3. The first-order valence-electron chi connectivity index (χ1n) is 8.37. The van der Waals surface area contributed by atoms with Crippen LogP contribution in [0, 0.1) is 0 Å². The van der Waals surface area contributed by atoms with E-state index in [-0.39, 0.29) is 16.7 Å². The Balaban J connectivity index is 2.40. The molecule has 0 saturated heterocycles. The minimum Gasteiger partial charge on any atom is -0.481 e. The summed E-state index contributed by atoms with van der Waals surface area (Å²) in [6, 6.07) is 3.50. The summed E-state index contributed by atoms with van der Waals surface area (Å²) in [5.41, 5.74) is 6.82. The topological polar surface area (TPSA) is 92.3 Å². The fourth-order valence-corrected chi connectivity index (χ4v) is 3.63. The van der Waals surface area contributed by atoms with E-state index in [1.54, 1.807) is 16.7 Å². The van der Waals surface area contributed by atoms with Crippen molar-refractivity contribution in [1.29, 1.82) is 0 Å². The molecule has 2 aromatic rings. The van der Waals surface area contributed by atoms with E-state index in [0.29, 0.717) is 30.1 Å². The molecule has 0 unspecified atom stereocenters. The van der Waals surface area contributed by atoms with Crippen LogP contribution in [0.1, 0.15) is 20.8 Å². The Labute approximate surface area is 149 Å².